The normalized spacial score (nSPS) is 11.0. The monoisotopic (exact) mass is 384 g/mol. The van der Waals surface area contributed by atoms with E-state index in [-0.39, 0.29) is 23.8 Å². The number of ether oxygens (including phenoxy) is 2. The van der Waals surface area contributed by atoms with Crippen molar-refractivity contribution in [2.45, 2.75) is 26.2 Å². The lowest BCUT2D eigenvalue weighted by Crippen LogP contribution is -2.26. The maximum Gasteiger partial charge on any atom is 0.262 e. The minimum atomic E-state index is -0.266. The first-order chi connectivity index (χ1) is 13.3. The molecule has 0 saturated heterocycles. The number of rotatable bonds is 8. The summed E-state index contributed by atoms with van der Waals surface area (Å²) in [5.41, 5.74) is 2.40. The number of hydrogen-bond acceptors (Lipinski definition) is 4. The standard InChI is InChI=1S/C22H28N2O4/c1-22(2,3)17-7-11-19(12-8-17)28-15-20(25)24-18-9-5-16(6-10-18)21(26)23-13-14-27-4/h5-12H,13-15H2,1-4H3,(H,23,26)(H,24,25). The summed E-state index contributed by atoms with van der Waals surface area (Å²) in [7, 11) is 1.58. The third kappa shape index (κ3) is 6.70. The molecule has 0 bridgehead atoms. The predicted octanol–water partition coefficient (Wildman–Crippen LogP) is 3.38. The Kier molecular flexibility index (Phi) is 7.58. The van der Waals surface area contributed by atoms with Crippen molar-refractivity contribution in [2.24, 2.45) is 0 Å². The number of anilines is 1. The highest BCUT2D eigenvalue weighted by atomic mass is 16.5. The third-order valence-electron chi connectivity index (χ3n) is 4.11. The van der Waals surface area contributed by atoms with E-state index in [0.717, 1.165) is 0 Å². The van der Waals surface area contributed by atoms with E-state index in [1.165, 1.54) is 5.56 Å². The van der Waals surface area contributed by atoms with Crippen molar-refractivity contribution in [3.63, 3.8) is 0 Å². The summed E-state index contributed by atoms with van der Waals surface area (Å²) >= 11 is 0. The lowest BCUT2D eigenvalue weighted by Gasteiger charge is -2.19. The molecule has 2 N–H and O–H groups in total. The first kappa shape index (κ1) is 21.4. The molecule has 0 radical (unpaired) electrons. The minimum Gasteiger partial charge on any atom is -0.484 e. The van der Waals surface area contributed by atoms with Crippen molar-refractivity contribution in [1.29, 1.82) is 0 Å². The third-order valence-corrected chi connectivity index (χ3v) is 4.11. The minimum absolute atomic E-state index is 0.0722. The second-order valence-electron chi connectivity index (χ2n) is 7.44. The smallest absolute Gasteiger partial charge is 0.262 e. The van der Waals surface area contributed by atoms with Gasteiger partial charge in [0.1, 0.15) is 5.75 Å². The highest BCUT2D eigenvalue weighted by Crippen LogP contribution is 2.24. The number of hydrogen-bond donors (Lipinski definition) is 2. The lowest BCUT2D eigenvalue weighted by molar-refractivity contribution is -0.118. The molecule has 0 saturated carbocycles. The molecule has 0 aliphatic carbocycles. The highest BCUT2D eigenvalue weighted by Gasteiger charge is 2.13. The molecule has 0 aromatic heterocycles. The molecule has 6 nitrogen and oxygen atoms in total. The largest absolute Gasteiger partial charge is 0.484 e. The van der Waals surface area contributed by atoms with E-state index in [4.69, 9.17) is 9.47 Å². The van der Waals surface area contributed by atoms with Gasteiger partial charge in [-0.25, -0.2) is 0 Å². The Morgan fingerprint density at radius 2 is 1.61 bits per heavy atom. The van der Waals surface area contributed by atoms with Crippen LogP contribution in [-0.2, 0) is 14.9 Å². The zero-order chi connectivity index (χ0) is 20.6. The van der Waals surface area contributed by atoms with Crippen molar-refractivity contribution >= 4 is 17.5 Å². The Balaban J connectivity index is 1.82. The molecule has 150 valence electrons. The summed E-state index contributed by atoms with van der Waals surface area (Å²) in [5, 5.41) is 5.49. The van der Waals surface area contributed by atoms with E-state index in [2.05, 4.69) is 31.4 Å². The molecular formula is C22H28N2O4. The lowest BCUT2D eigenvalue weighted by atomic mass is 9.87. The van der Waals surface area contributed by atoms with E-state index < -0.39 is 0 Å². The average molecular weight is 384 g/mol. The van der Waals surface area contributed by atoms with Crippen LogP contribution in [0.25, 0.3) is 0 Å². The van der Waals surface area contributed by atoms with Crippen LogP contribution in [0, 0.1) is 0 Å². The summed E-state index contributed by atoms with van der Waals surface area (Å²) < 4.78 is 10.4. The van der Waals surface area contributed by atoms with Crippen molar-refractivity contribution < 1.29 is 19.1 Å². The zero-order valence-electron chi connectivity index (χ0n) is 16.9. The molecule has 2 amide bonds. The maximum atomic E-state index is 12.1. The van der Waals surface area contributed by atoms with Crippen LogP contribution in [-0.4, -0.2) is 38.7 Å². The Labute approximate surface area is 166 Å². The second kappa shape index (κ2) is 9.90. The van der Waals surface area contributed by atoms with Gasteiger partial charge in [0.25, 0.3) is 11.8 Å². The summed E-state index contributed by atoms with van der Waals surface area (Å²) in [4.78, 5) is 24.0. The van der Waals surface area contributed by atoms with Crippen LogP contribution in [0.5, 0.6) is 5.75 Å². The van der Waals surface area contributed by atoms with Crippen LogP contribution in [0.2, 0.25) is 0 Å². The first-order valence-corrected chi connectivity index (χ1v) is 9.20. The summed E-state index contributed by atoms with van der Waals surface area (Å²) in [6.07, 6.45) is 0. The van der Waals surface area contributed by atoms with Gasteiger partial charge in [0.05, 0.1) is 6.61 Å². The molecule has 2 aromatic rings. The van der Waals surface area contributed by atoms with Crippen molar-refractivity contribution in [1.82, 2.24) is 5.32 Å². The van der Waals surface area contributed by atoms with E-state index in [1.807, 2.05) is 24.3 Å². The number of methoxy groups -OCH3 is 1. The van der Waals surface area contributed by atoms with Gasteiger partial charge < -0.3 is 20.1 Å². The van der Waals surface area contributed by atoms with Crippen molar-refractivity contribution in [3.8, 4) is 5.75 Å². The van der Waals surface area contributed by atoms with Gasteiger partial charge in [-0.3, -0.25) is 9.59 Å². The van der Waals surface area contributed by atoms with E-state index in [1.54, 1.807) is 31.4 Å². The summed E-state index contributed by atoms with van der Waals surface area (Å²) in [6.45, 7) is 7.25. The van der Waals surface area contributed by atoms with Crippen LogP contribution in [0.15, 0.2) is 48.5 Å². The fourth-order valence-electron chi connectivity index (χ4n) is 2.47. The Morgan fingerprint density at radius 1 is 0.964 bits per heavy atom. The zero-order valence-corrected chi connectivity index (χ0v) is 16.9. The molecule has 0 heterocycles. The van der Waals surface area contributed by atoms with E-state index >= 15 is 0 Å². The SMILES string of the molecule is COCCNC(=O)c1ccc(NC(=O)COc2ccc(C(C)(C)C)cc2)cc1. The molecule has 0 atom stereocenters. The average Bonchev–Trinajstić information content (AvgIpc) is 2.67. The molecule has 28 heavy (non-hydrogen) atoms. The Morgan fingerprint density at radius 3 is 2.18 bits per heavy atom. The van der Waals surface area contributed by atoms with Gasteiger partial charge in [-0.2, -0.15) is 0 Å². The Bertz CT molecular complexity index is 778. The van der Waals surface area contributed by atoms with Crippen LogP contribution in [0.3, 0.4) is 0 Å². The van der Waals surface area contributed by atoms with Gasteiger partial charge in [0.15, 0.2) is 6.61 Å². The maximum absolute atomic E-state index is 12.1. The summed E-state index contributed by atoms with van der Waals surface area (Å²) in [5.74, 6) is 0.195. The topological polar surface area (TPSA) is 76.7 Å². The Hall–Kier alpha value is -2.86. The number of nitrogens with one attached hydrogen (secondary N) is 2. The van der Waals surface area contributed by atoms with Crippen LogP contribution in [0.4, 0.5) is 5.69 Å². The molecule has 0 aliphatic rings. The van der Waals surface area contributed by atoms with E-state index in [9.17, 15) is 9.59 Å². The molecule has 0 aliphatic heterocycles. The molecular weight excluding hydrogens is 356 g/mol. The van der Waals surface area contributed by atoms with Gasteiger partial charge in [0.2, 0.25) is 0 Å². The van der Waals surface area contributed by atoms with Gasteiger partial charge in [-0.15, -0.1) is 0 Å². The molecule has 6 heteroatoms. The van der Waals surface area contributed by atoms with Crippen molar-refractivity contribution in [3.05, 3.63) is 59.7 Å². The molecule has 0 fully saturated rings. The first-order valence-electron chi connectivity index (χ1n) is 9.20. The van der Waals surface area contributed by atoms with E-state index in [0.29, 0.717) is 30.2 Å². The predicted molar refractivity (Wildman–Crippen MR) is 110 cm³/mol. The molecule has 0 unspecified atom stereocenters. The van der Waals surface area contributed by atoms with Gasteiger partial charge in [-0.05, 0) is 47.4 Å². The highest BCUT2D eigenvalue weighted by molar-refractivity contribution is 5.96. The number of carbonyl (C=O) groups is 2. The molecule has 2 rings (SSSR count). The van der Waals surface area contributed by atoms with Crippen LogP contribution >= 0.6 is 0 Å². The number of carbonyl (C=O) groups excluding carboxylic acids is 2. The molecule has 0 spiro atoms. The van der Waals surface area contributed by atoms with Gasteiger partial charge in [-0.1, -0.05) is 32.9 Å². The van der Waals surface area contributed by atoms with Gasteiger partial charge in [0, 0.05) is 24.9 Å². The van der Waals surface area contributed by atoms with Gasteiger partial charge >= 0.3 is 0 Å². The van der Waals surface area contributed by atoms with Crippen molar-refractivity contribution in [2.75, 3.05) is 32.2 Å². The number of benzene rings is 2. The summed E-state index contributed by atoms with van der Waals surface area (Å²) in [6, 6.07) is 14.4. The number of amides is 2. The van der Waals surface area contributed by atoms with Crippen LogP contribution in [0.1, 0.15) is 36.7 Å². The molecule has 2 aromatic carbocycles. The fourth-order valence-corrected chi connectivity index (χ4v) is 2.47. The fraction of sp³-hybridized carbons (Fsp3) is 0.364. The quantitative estimate of drug-likeness (QED) is 0.684. The second-order valence-corrected chi connectivity index (χ2v) is 7.44. The van der Waals surface area contributed by atoms with Crippen LogP contribution < -0.4 is 15.4 Å².